The van der Waals surface area contributed by atoms with Crippen LogP contribution < -0.4 is 0 Å². The minimum absolute atomic E-state index is 0.229. The fraction of sp³-hybridized carbons (Fsp3) is 0.455. The van der Waals surface area contributed by atoms with Crippen molar-refractivity contribution < 1.29 is 12.8 Å². The van der Waals surface area contributed by atoms with Crippen molar-refractivity contribution in [2.45, 2.75) is 22.6 Å². The van der Waals surface area contributed by atoms with E-state index in [1.807, 2.05) is 0 Å². The van der Waals surface area contributed by atoms with Crippen LogP contribution >= 0.6 is 15.9 Å². The molecule has 94 valence electrons. The molecular formula is C11H13BrFNO2S. The number of alkyl halides is 1. The van der Waals surface area contributed by atoms with Crippen molar-refractivity contribution in [2.24, 2.45) is 0 Å². The van der Waals surface area contributed by atoms with Crippen molar-refractivity contribution in [1.29, 1.82) is 0 Å². The second-order valence-electron chi connectivity index (χ2n) is 4.01. The minimum Gasteiger partial charge on any atom is -0.207 e. The Hall–Kier alpha value is -0.460. The molecule has 17 heavy (non-hydrogen) atoms. The molecule has 0 radical (unpaired) electrons. The van der Waals surface area contributed by atoms with Crippen molar-refractivity contribution in [3.05, 3.63) is 30.1 Å². The zero-order chi connectivity index (χ0) is 12.5. The molecule has 0 amide bonds. The lowest BCUT2D eigenvalue weighted by Crippen LogP contribution is -2.38. The molecule has 0 N–H and O–H groups in total. The zero-order valence-corrected chi connectivity index (χ0v) is 11.5. The smallest absolute Gasteiger partial charge is 0.207 e. The molecule has 0 bridgehead atoms. The molecule has 6 heteroatoms. The molecule has 0 aromatic heterocycles. The minimum atomic E-state index is -3.68. The third kappa shape index (κ3) is 2.69. The molecule has 0 aliphatic carbocycles. The third-order valence-electron chi connectivity index (χ3n) is 2.84. The molecule has 0 saturated carbocycles. The highest BCUT2D eigenvalue weighted by Gasteiger charge is 2.30. The van der Waals surface area contributed by atoms with Gasteiger partial charge in [0, 0.05) is 17.9 Å². The summed E-state index contributed by atoms with van der Waals surface area (Å²) in [5.74, 6) is -0.687. The standard InChI is InChI=1S/C11H13BrFNO2S/c12-9-5-7-14(8-6-9)17(15,16)11-4-2-1-3-10(11)13/h1-4,9H,5-8H2. The van der Waals surface area contributed by atoms with E-state index in [9.17, 15) is 12.8 Å². The molecule has 3 nitrogen and oxygen atoms in total. The van der Waals surface area contributed by atoms with Crippen LogP contribution in [0.25, 0.3) is 0 Å². The number of nitrogens with zero attached hydrogens (tertiary/aromatic N) is 1. The van der Waals surface area contributed by atoms with Gasteiger partial charge in [-0.1, -0.05) is 28.1 Å². The summed E-state index contributed by atoms with van der Waals surface area (Å²) in [6.07, 6.45) is 1.52. The maximum absolute atomic E-state index is 13.5. The SMILES string of the molecule is O=S(=O)(c1ccccc1F)N1CCC(Br)CC1. The summed E-state index contributed by atoms with van der Waals surface area (Å²) in [4.78, 5) is 0.127. The monoisotopic (exact) mass is 321 g/mol. The molecular weight excluding hydrogens is 309 g/mol. The van der Waals surface area contributed by atoms with Gasteiger partial charge < -0.3 is 0 Å². The lowest BCUT2D eigenvalue weighted by molar-refractivity contribution is 0.353. The highest BCUT2D eigenvalue weighted by molar-refractivity contribution is 9.09. The van der Waals surface area contributed by atoms with Gasteiger partial charge in [0.05, 0.1) is 0 Å². The van der Waals surface area contributed by atoms with Gasteiger partial charge in [-0.25, -0.2) is 12.8 Å². The molecule has 2 rings (SSSR count). The van der Waals surface area contributed by atoms with E-state index in [0.29, 0.717) is 17.9 Å². The molecule has 1 aliphatic heterocycles. The molecule has 0 spiro atoms. The Balaban J connectivity index is 2.28. The summed E-state index contributed by atoms with van der Waals surface area (Å²) >= 11 is 3.46. The maximum Gasteiger partial charge on any atom is 0.245 e. The molecule has 1 fully saturated rings. The number of sulfonamides is 1. The van der Waals surface area contributed by atoms with E-state index in [0.717, 1.165) is 12.8 Å². The lowest BCUT2D eigenvalue weighted by Gasteiger charge is -2.28. The van der Waals surface area contributed by atoms with Crippen molar-refractivity contribution >= 4 is 26.0 Å². The number of halogens is 2. The summed E-state index contributed by atoms with van der Waals surface area (Å²) in [6, 6.07) is 5.50. The van der Waals surface area contributed by atoms with Gasteiger partial charge in [0.15, 0.2) is 0 Å². The summed E-state index contributed by atoms with van der Waals surface area (Å²) < 4.78 is 39.2. The summed E-state index contributed by atoms with van der Waals surface area (Å²) in [7, 11) is -3.68. The summed E-state index contributed by atoms with van der Waals surface area (Å²) in [5.41, 5.74) is 0. The molecule has 1 heterocycles. The van der Waals surface area contributed by atoms with Crippen molar-refractivity contribution in [2.75, 3.05) is 13.1 Å². The van der Waals surface area contributed by atoms with Crippen LogP contribution in [-0.2, 0) is 10.0 Å². The zero-order valence-electron chi connectivity index (χ0n) is 9.14. The fourth-order valence-corrected chi connectivity index (χ4v) is 3.80. The highest BCUT2D eigenvalue weighted by Crippen LogP contribution is 2.25. The Labute approximate surface area is 109 Å². The van der Waals surface area contributed by atoms with Crippen LogP contribution in [0, 0.1) is 5.82 Å². The molecule has 0 atom stereocenters. The second-order valence-corrected chi connectivity index (χ2v) is 7.21. The van der Waals surface area contributed by atoms with Crippen LogP contribution in [0.3, 0.4) is 0 Å². The molecule has 1 aromatic rings. The fourth-order valence-electron chi connectivity index (χ4n) is 1.86. The number of hydrogen-bond acceptors (Lipinski definition) is 2. The van der Waals surface area contributed by atoms with Gasteiger partial charge in [0.2, 0.25) is 10.0 Å². The second kappa shape index (κ2) is 5.04. The number of hydrogen-bond donors (Lipinski definition) is 0. The van der Waals surface area contributed by atoms with Crippen molar-refractivity contribution in [1.82, 2.24) is 4.31 Å². The maximum atomic E-state index is 13.5. The van der Waals surface area contributed by atoms with Crippen molar-refractivity contribution in [3.8, 4) is 0 Å². The van der Waals surface area contributed by atoms with E-state index in [2.05, 4.69) is 15.9 Å². The van der Waals surface area contributed by atoms with Crippen LogP contribution in [0.1, 0.15) is 12.8 Å². The quantitative estimate of drug-likeness (QED) is 0.784. The van der Waals surface area contributed by atoms with E-state index >= 15 is 0 Å². The molecule has 1 saturated heterocycles. The van der Waals surface area contributed by atoms with Gasteiger partial charge in [0.25, 0.3) is 0 Å². The van der Waals surface area contributed by atoms with Crippen LogP contribution in [0.5, 0.6) is 0 Å². The van der Waals surface area contributed by atoms with Crippen LogP contribution in [-0.4, -0.2) is 30.6 Å². The van der Waals surface area contributed by atoms with Gasteiger partial charge in [-0.05, 0) is 25.0 Å². The number of benzene rings is 1. The van der Waals surface area contributed by atoms with Gasteiger partial charge in [-0.15, -0.1) is 0 Å². The first-order valence-electron chi connectivity index (χ1n) is 5.40. The largest absolute Gasteiger partial charge is 0.245 e. The average Bonchev–Trinajstić information content (AvgIpc) is 2.30. The Bertz CT molecular complexity index is 498. The topological polar surface area (TPSA) is 37.4 Å². The first-order valence-corrected chi connectivity index (χ1v) is 7.76. The Morgan fingerprint density at radius 3 is 2.41 bits per heavy atom. The Morgan fingerprint density at radius 2 is 1.82 bits per heavy atom. The van der Waals surface area contributed by atoms with Gasteiger partial charge in [-0.3, -0.25) is 0 Å². The van der Waals surface area contributed by atoms with E-state index in [-0.39, 0.29) is 4.90 Å². The molecule has 0 unspecified atom stereocenters. The van der Waals surface area contributed by atoms with Gasteiger partial charge >= 0.3 is 0 Å². The number of rotatable bonds is 2. The lowest BCUT2D eigenvalue weighted by atomic mass is 10.2. The van der Waals surface area contributed by atoms with E-state index < -0.39 is 15.8 Å². The van der Waals surface area contributed by atoms with Crippen LogP contribution in [0.4, 0.5) is 4.39 Å². The van der Waals surface area contributed by atoms with E-state index in [1.165, 1.54) is 28.6 Å². The number of piperidine rings is 1. The molecule has 1 aliphatic rings. The normalized spacial score (nSPS) is 19.4. The average molecular weight is 322 g/mol. The first kappa shape index (κ1) is 13.0. The van der Waals surface area contributed by atoms with Gasteiger partial charge in [-0.2, -0.15) is 4.31 Å². The van der Waals surface area contributed by atoms with E-state index in [4.69, 9.17) is 0 Å². The van der Waals surface area contributed by atoms with Gasteiger partial charge in [0.1, 0.15) is 10.7 Å². The first-order chi connectivity index (χ1) is 8.01. The van der Waals surface area contributed by atoms with Crippen LogP contribution in [0.2, 0.25) is 0 Å². The Kier molecular flexibility index (Phi) is 3.85. The molecule has 1 aromatic carbocycles. The third-order valence-corrected chi connectivity index (χ3v) is 5.69. The van der Waals surface area contributed by atoms with Crippen molar-refractivity contribution in [3.63, 3.8) is 0 Å². The predicted octanol–water partition coefficient (Wildman–Crippen LogP) is 2.37. The summed E-state index contributed by atoms with van der Waals surface area (Å²) in [5, 5.41) is 0. The van der Waals surface area contributed by atoms with Crippen LogP contribution in [0.15, 0.2) is 29.2 Å². The summed E-state index contributed by atoms with van der Waals surface area (Å²) in [6.45, 7) is 0.874. The predicted molar refractivity (Wildman–Crippen MR) is 67.1 cm³/mol. The van der Waals surface area contributed by atoms with E-state index in [1.54, 1.807) is 0 Å². The Morgan fingerprint density at radius 1 is 1.24 bits per heavy atom. The highest BCUT2D eigenvalue weighted by atomic mass is 79.9.